The van der Waals surface area contributed by atoms with Crippen LogP contribution in [-0.4, -0.2) is 31.0 Å². The number of amides is 1. The predicted molar refractivity (Wildman–Crippen MR) is 82.1 cm³/mol. The Labute approximate surface area is 123 Å². The highest BCUT2D eigenvalue weighted by molar-refractivity contribution is 9.09. The van der Waals surface area contributed by atoms with Crippen LogP contribution in [0.2, 0.25) is 0 Å². The lowest BCUT2D eigenvalue weighted by Crippen LogP contribution is -2.40. The summed E-state index contributed by atoms with van der Waals surface area (Å²) in [5.41, 5.74) is 1.73. The molecule has 1 rings (SSSR count). The first-order valence-electron chi connectivity index (χ1n) is 6.35. The first-order chi connectivity index (χ1) is 8.90. The number of ether oxygens (including phenoxy) is 1. The summed E-state index contributed by atoms with van der Waals surface area (Å²) in [6.07, 6.45) is 0. The molecule has 19 heavy (non-hydrogen) atoms. The quantitative estimate of drug-likeness (QED) is 0.844. The number of carbonyl (C=O) groups is 1. The van der Waals surface area contributed by atoms with Crippen LogP contribution in [0.25, 0.3) is 0 Å². The molecule has 0 aliphatic carbocycles. The van der Waals surface area contributed by atoms with Crippen LogP contribution in [0.5, 0.6) is 0 Å². The van der Waals surface area contributed by atoms with Gasteiger partial charge in [0.2, 0.25) is 0 Å². The summed E-state index contributed by atoms with van der Waals surface area (Å²) in [4.78, 5) is 12.4. The number of carbonyl (C=O) groups excluding carboxylic acids is 1. The van der Waals surface area contributed by atoms with Crippen molar-refractivity contribution in [2.45, 2.75) is 32.2 Å². The summed E-state index contributed by atoms with van der Waals surface area (Å²) < 4.78 is 5.08. The van der Waals surface area contributed by atoms with Gasteiger partial charge in [-0.3, -0.25) is 4.79 Å². The average Bonchev–Trinajstić information content (AvgIpc) is 2.37. The standard InChI is InChI=1S/C15H22BrNO2/c1-15(2,3)13-8-6-5-7-12(13)14(18)17-11(9-16)10-19-4/h5-8,11H,9-10H2,1-4H3,(H,17,18). The number of benzene rings is 1. The van der Waals surface area contributed by atoms with Crippen molar-refractivity contribution in [3.05, 3.63) is 35.4 Å². The van der Waals surface area contributed by atoms with Crippen molar-refractivity contribution in [3.8, 4) is 0 Å². The number of alkyl halides is 1. The van der Waals surface area contributed by atoms with Crippen LogP contribution in [0.1, 0.15) is 36.7 Å². The van der Waals surface area contributed by atoms with Crippen LogP contribution >= 0.6 is 15.9 Å². The fourth-order valence-electron chi connectivity index (χ4n) is 1.92. The number of halogens is 1. The molecule has 0 heterocycles. The van der Waals surface area contributed by atoms with Crippen molar-refractivity contribution < 1.29 is 9.53 Å². The molecular formula is C15H22BrNO2. The van der Waals surface area contributed by atoms with E-state index in [4.69, 9.17) is 4.74 Å². The van der Waals surface area contributed by atoms with Crippen LogP contribution in [0, 0.1) is 0 Å². The van der Waals surface area contributed by atoms with Gasteiger partial charge in [-0.15, -0.1) is 0 Å². The maximum Gasteiger partial charge on any atom is 0.251 e. The van der Waals surface area contributed by atoms with Gasteiger partial charge in [0.1, 0.15) is 0 Å². The molecule has 0 fully saturated rings. The van der Waals surface area contributed by atoms with Crippen molar-refractivity contribution in [2.24, 2.45) is 0 Å². The van der Waals surface area contributed by atoms with Gasteiger partial charge in [0.05, 0.1) is 12.6 Å². The Morgan fingerprint density at radius 1 is 1.37 bits per heavy atom. The Morgan fingerprint density at radius 3 is 2.53 bits per heavy atom. The molecule has 4 heteroatoms. The second-order valence-electron chi connectivity index (χ2n) is 5.58. The predicted octanol–water partition coefficient (Wildman–Crippen LogP) is 3.12. The molecule has 1 unspecified atom stereocenters. The molecule has 0 aromatic heterocycles. The van der Waals surface area contributed by atoms with E-state index in [1.807, 2.05) is 24.3 Å². The van der Waals surface area contributed by atoms with Gasteiger partial charge in [0, 0.05) is 18.0 Å². The van der Waals surface area contributed by atoms with E-state index in [-0.39, 0.29) is 17.4 Å². The highest BCUT2D eigenvalue weighted by Crippen LogP contribution is 2.25. The minimum Gasteiger partial charge on any atom is -0.383 e. The number of hydrogen-bond acceptors (Lipinski definition) is 2. The van der Waals surface area contributed by atoms with Gasteiger partial charge >= 0.3 is 0 Å². The van der Waals surface area contributed by atoms with Crippen LogP contribution in [0.3, 0.4) is 0 Å². The third kappa shape index (κ3) is 4.62. The zero-order valence-corrected chi connectivity index (χ0v) is 13.6. The number of hydrogen-bond donors (Lipinski definition) is 1. The van der Waals surface area contributed by atoms with Gasteiger partial charge in [-0.25, -0.2) is 0 Å². The van der Waals surface area contributed by atoms with Gasteiger partial charge in [-0.2, -0.15) is 0 Å². The molecule has 1 aromatic rings. The Balaban J connectivity index is 2.94. The largest absolute Gasteiger partial charge is 0.383 e. The second-order valence-corrected chi connectivity index (χ2v) is 6.22. The normalized spacial score (nSPS) is 13.1. The molecule has 0 saturated heterocycles. The SMILES string of the molecule is COCC(CBr)NC(=O)c1ccccc1C(C)(C)C. The molecule has 3 nitrogen and oxygen atoms in total. The first kappa shape index (κ1) is 16.2. The lowest BCUT2D eigenvalue weighted by atomic mass is 9.83. The topological polar surface area (TPSA) is 38.3 Å². The highest BCUT2D eigenvalue weighted by Gasteiger charge is 2.22. The van der Waals surface area contributed by atoms with Gasteiger partial charge in [0.15, 0.2) is 0 Å². The lowest BCUT2D eigenvalue weighted by molar-refractivity contribution is 0.0905. The third-order valence-corrected chi connectivity index (χ3v) is 3.65. The van der Waals surface area contributed by atoms with Crippen molar-refractivity contribution in [3.63, 3.8) is 0 Å². The second kappa shape index (κ2) is 7.06. The Bertz CT molecular complexity index is 426. The fraction of sp³-hybridized carbons (Fsp3) is 0.533. The number of methoxy groups -OCH3 is 1. The molecule has 0 aliphatic heterocycles. The lowest BCUT2D eigenvalue weighted by Gasteiger charge is -2.23. The molecule has 0 bridgehead atoms. The summed E-state index contributed by atoms with van der Waals surface area (Å²) in [5, 5.41) is 3.66. The number of rotatable bonds is 5. The molecule has 0 aliphatic rings. The first-order valence-corrected chi connectivity index (χ1v) is 7.47. The zero-order chi connectivity index (χ0) is 14.5. The van der Waals surface area contributed by atoms with Gasteiger partial charge < -0.3 is 10.1 Å². The number of nitrogens with one attached hydrogen (secondary N) is 1. The van der Waals surface area contributed by atoms with Crippen molar-refractivity contribution in [1.29, 1.82) is 0 Å². The van der Waals surface area contributed by atoms with Crippen LogP contribution in [-0.2, 0) is 10.2 Å². The maximum absolute atomic E-state index is 12.4. The highest BCUT2D eigenvalue weighted by atomic mass is 79.9. The van der Waals surface area contributed by atoms with Crippen molar-refractivity contribution in [1.82, 2.24) is 5.32 Å². The molecule has 1 atom stereocenters. The van der Waals surface area contributed by atoms with E-state index < -0.39 is 0 Å². The summed E-state index contributed by atoms with van der Waals surface area (Å²) in [6.45, 7) is 6.82. The monoisotopic (exact) mass is 327 g/mol. The Morgan fingerprint density at radius 2 is 2.00 bits per heavy atom. The fourth-order valence-corrected chi connectivity index (χ4v) is 2.27. The minimum absolute atomic E-state index is 0.0227. The van der Waals surface area contributed by atoms with Crippen LogP contribution in [0.4, 0.5) is 0 Å². The van der Waals surface area contributed by atoms with E-state index >= 15 is 0 Å². The van der Waals surface area contributed by atoms with E-state index in [0.717, 1.165) is 11.1 Å². The van der Waals surface area contributed by atoms with Gasteiger partial charge in [0.25, 0.3) is 5.91 Å². The molecule has 1 aromatic carbocycles. The molecule has 0 radical (unpaired) electrons. The zero-order valence-electron chi connectivity index (χ0n) is 12.0. The molecule has 1 amide bonds. The molecule has 106 valence electrons. The maximum atomic E-state index is 12.4. The summed E-state index contributed by atoms with van der Waals surface area (Å²) in [6, 6.07) is 7.71. The third-order valence-electron chi connectivity index (χ3n) is 2.87. The summed E-state index contributed by atoms with van der Waals surface area (Å²) >= 11 is 3.38. The van der Waals surface area contributed by atoms with Gasteiger partial charge in [-0.05, 0) is 17.0 Å². The van der Waals surface area contributed by atoms with E-state index in [1.165, 1.54) is 0 Å². The summed E-state index contributed by atoms with van der Waals surface area (Å²) in [7, 11) is 1.63. The summed E-state index contributed by atoms with van der Waals surface area (Å²) in [5.74, 6) is -0.0491. The van der Waals surface area contributed by atoms with E-state index in [1.54, 1.807) is 7.11 Å². The Kier molecular flexibility index (Phi) is 6.01. The van der Waals surface area contributed by atoms with E-state index in [0.29, 0.717) is 11.9 Å². The smallest absolute Gasteiger partial charge is 0.251 e. The molecule has 1 N–H and O–H groups in total. The van der Waals surface area contributed by atoms with Crippen LogP contribution < -0.4 is 5.32 Å². The van der Waals surface area contributed by atoms with Crippen molar-refractivity contribution >= 4 is 21.8 Å². The average molecular weight is 328 g/mol. The molecule has 0 spiro atoms. The van der Waals surface area contributed by atoms with E-state index in [2.05, 4.69) is 42.0 Å². The minimum atomic E-state index is -0.0565. The van der Waals surface area contributed by atoms with Gasteiger partial charge in [-0.1, -0.05) is 54.9 Å². The molecular weight excluding hydrogens is 306 g/mol. The molecule has 0 saturated carbocycles. The van der Waals surface area contributed by atoms with Crippen molar-refractivity contribution in [2.75, 3.05) is 19.0 Å². The van der Waals surface area contributed by atoms with E-state index in [9.17, 15) is 4.79 Å². The van der Waals surface area contributed by atoms with Crippen LogP contribution in [0.15, 0.2) is 24.3 Å². The Hall–Kier alpha value is -0.870.